The number of rotatable bonds is 6. The van der Waals surface area contributed by atoms with E-state index in [2.05, 4.69) is 33.9 Å². The first-order chi connectivity index (χ1) is 15.1. The van der Waals surface area contributed by atoms with Gasteiger partial charge in [0.25, 0.3) is 0 Å². The van der Waals surface area contributed by atoms with E-state index in [1.807, 2.05) is 27.7 Å². The quantitative estimate of drug-likeness (QED) is 0.553. The lowest BCUT2D eigenvalue weighted by molar-refractivity contribution is 0.00578. The molecule has 184 valence electrons. The third-order valence-electron chi connectivity index (χ3n) is 7.73. The number of carbonyl (C=O) groups excluding carboxylic acids is 1. The summed E-state index contributed by atoms with van der Waals surface area (Å²) in [6.45, 7) is 21.0. The molecule has 0 radical (unpaired) electrons. The summed E-state index contributed by atoms with van der Waals surface area (Å²) in [5.41, 5.74) is -0.0973. The van der Waals surface area contributed by atoms with Crippen molar-refractivity contribution in [1.29, 1.82) is 0 Å². The van der Waals surface area contributed by atoms with Gasteiger partial charge in [0, 0.05) is 19.6 Å². The van der Waals surface area contributed by atoms with Crippen LogP contribution in [0, 0.1) is 5.82 Å². The van der Waals surface area contributed by atoms with Crippen LogP contribution >= 0.6 is 0 Å². The summed E-state index contributed by atoms with van der Waals surface area (Å²) < 4.78 is 33.5. The molecule has 33 heavy (non-hydrogen) atoms. The minimum atomic E-state index is -1.88. The van der Waals surface area contributed by atoms with Crippen molar-refractivity contribution in [3.05, 3.63) is 24.0 Å². The van der Waals surface area contributed by atoms with E-state index in [-0.39, 0.29) is 16.8 Å². The van der Waals surface area contributed by atoms with Crippen LogP contribution in [0.5, 0.6) is 0 Å². The molecule has 6 nitrogen and oxygen atoms in total. The van der Waals surface area contributed by atoms with E-state index in [0.717, 1.165) is 6.42 Å². The van der Waals surface area contributed by atoms with Crippen LogP contribution in [0.15, 0.2) is 18.2 Å². The minimum Gasteiger partial charge on any atom is -0.415 e. The molecule has 0 atom stereocenters. The number of nitrogens with zero attached hydrogens (tertiary/aromatic N) is 2. The second-order valence-corrected chi connectivity index (χ2v) is 16.5. The summed E-state index contributed by atoms with van der Waals surface area (Å²) in [5, 5.41) is 0.118. The molecule has 2 aliphatic heterocycles. The Morgan fingerprint density at radius 3 is 2.27 bits per heavy atom. The number of halogens is 1. The van der Waals surface area contributed by atoms with Crippen molar-refractivity contribution < 1.29 is 22.9 Å². The van der Waals surface area contributed by atoms with Crippen molar-refractivity contribution in [3.63, 3.8) is 0 Å². The van der Waals surface area contributed by atoms with Crippen LogP contribution in [0.1, 0.15) is 54.9 Å². The molecule has 0 aromatic heterocycles. The number of carbonyl (C=O) groups is 1. The molecule has 0 N–H and O–H groups in total. The molecule has 2 aliphatic rings. The minimum absolute atomic E-state index is 0.118. The normalized spacial score (nSPS) is 21.2. The monoisotopic (exact) mass is 478 g/mol. The molecule has 0 bridgehead atoms. The second kappa shape index (κ2) is 8.98. The number of anilines is 1. The zero-order chi connectivity index (χ0) is 24.8. The van der Waals surface area contributed by atoms with E-state index in [1.54, 1.807) is 17.0 Å². The number of hydrogen-bond acceptors (Lipinski definition) is 4. The molecule has 9 heteroatoms. The van der Waals surface area contributed by atoms with E-state index < -0.39 is 32.5 Å². The smallest absolute Gasteiger partial charge is 0.415 e. The van der Waals surface area contributed by atoms with E-state index in [0.29, 0.717) is 31.7 Å². The first-order valence-electron chi connectivity index (χ1n) is 11.9. The van der Waals surface area contributed by atoms with Crippen LogP contribution in [-0.2, 0) is 13.7 Å². The molecule has 1 aromatic rings. The van der Waals surface area contributed by atoms with Gasteiger partial charge < -0.3 is 18.6 Å². The van der Waals surface area contributed by atoms with Gasteiger partial charge >= 0.3 is 13.1 Å². The number of amides is 2. The summed E-state index contributed by atoms with van der Waals surface area (Å²) >= 11 is 0. The van der Waals surface area contributed by atoms with Crippen LogP contribution in [0.3, 0.4) is 0 Å². The van der Waals surface area contributed by atoms with Crippen LogP contribution in [0.2, 0.25) is 18.1 Å². The van der Waals surface area contributed by atoms with Crippen LogP contribution in [-0.4, -0.2) is 63.8 Å². The van der Waals surface area contributed by atoms with Gasteiger partial charge in [0.05, 0.1) is 23.5 Å². The molecule has 0 saturated carbocycles. The molecule has 3 rings (SSSR count). The van der Waals surface area contributed by atoms with Gasteiger partial charge in [-0.05, 0) is 69.8 Å². The molecular formula is C24H40BFN2O4Si. The van der Waals surface area contributed by atoms with Gasteiger partial charge in [-0.2, -0.15) is 0 Å². The average molecular weight is 478 g/mol. The van der Waals surface area contributed by atoms with Crippen LogP contribution in [0.25, 0.3) is 0 Å². The molecule has 0 unspecified atom stereocenters. The zero-order valence-corrected chi connectivity index (χ0v) is 22.8. The maximum atomic E-state index is 15.2. The standard InChI is InChI=1S/C24H40BFN2O4Si/c1-22(2,3)33(8,9)30-16-15-27-13-10-14-28(21(27)29)20-12-11-18(17-19(20)26)25-31-23(4,5)24(6,7)32-25/h11-12,17H,10,13-16H2,1-9H3. The predicted octanol–water partition coefficient (Wildman–Crippen LogP) is 4.78. The molecule has 1 aromatic carbocycles. The first-order valence-corrected chi connectivity index (χ1v) is 14.8. The fraction of sp³-hybridized carbons (Fsp3) is 0.708. The highest BCUT2D eigenvalue weighted by molar-refractivity contribution is 6.74. The Bertz CT molecular complexity index is 872. The Labute approximate surface area is 200 Å². The largest absolute Gasteiger partial charge is 0.494 e. The first kappa shape index (κ1) is 26.2. The third kappa shape index (κ3) is 5.31. The summed E-state index contributed by atoms with van der Waals surface area (Å²) in [6, 6.07) is 4.68. The van der Waals surface area contributed by atoms with Crippen LogP contribution < -0.4 is 10.4 Å². The zero-order valence-electron chi connectivity index (χ0n) is 21.8. The van der Waals surface area contributed by atoms with Crippen molar-refractivity contribution in [3.8, 4) is 0 Å². The Balaban J connectivity index is 1.68. The summed E-state index contributed by atoms with van der Waals surface area (Å²) in [4.78, 5) is 16.4. The van der Waals surface area contributed by atoms with Crippen molar-refractivity contribution in [1.82, 2.24) is 4.90 Å². The highest BCUT2D eigenvalue weighted by Gasteiger charge is 2.51. The molecule has 2 heterocycles. The van der Waals surface area contributed by atoms with Gasteiger partial charge in [0.15, 0.2) is 8.32 Å². The molecule has 0 spiro atoms. The fourth-order valence-electron chi connectivity index (χ4n) is 3.71. The van der Waals surface area contributed by atoms with Crippen molar-refractivity contribution in [2.75, 3.05) is 31.1 Å². The average Bonchev–Trinajstić information content (AvgIpc) is 2.90. The van der Waals surface area contributed by atoms with Crippen molar-refractivity contribution in [2.45, 2.75) is 84.2 Å². The fourth-order valence-corrected chi connectivity index (χ4v) is 4.74. The van der Waals surface area contributed by atoms with E-state index in [1.165, 1.54) is 11.0 Å². The second-order valence-electron chi connectivity index (χ2n) is 11.7. The van der Waals surface area contributed by atoms with Gasteiger partial charge in [-0.15, -0.1) is 0 Å². The molecular weight excluding hydrogens is 438 g/mol. The topological polar surface area (TPSA) is 51.2 Å². The van der Waals surface area contributed by atoms with Gasteiger partial charge in [-0.25, -0.2) is 9.18 Å². The highest BCUT2D eigenvalue weighted by Crippen LogP contribution is 2.37. The van der Waals surface area contributed by atoms with E-state index in [4.69, 9.17) is 13.7 Å². The Hall–Kier alpha value is -1.42. The molecule has 0 aliphatic carbocycles. The summed E-state index contributed by atoms with van der Waals surface area (Å²) in [6.07, 6.45) is 0.782. The highest BCUT2D eigenvalue weighted by atomic mass is 28.4. The van der Waals surface area contributed by atoms with Crippen molar-refractivity contribution >= 4 is 32.6 Å². The lowest BCUT2D eigenvalue weighted by Crippen LogP contribution is -2.51. The Morgan fingerprint density at radius 1 is 1.12 bits per heavy atom. The molecule has 2 fully saturated rings. The van der Waals surface area contributed by atoms with Gasteiger partial charge in [0.2, 0.25) is 0 Å². The maximum Gasteiger partial charge on any atom is 0.494 e. The van der Waals surface area contributed by atoms with E-state index in [9.17, 15) is 4.79 Å². The predicted molar refractivity (Wildman–Crippen MR) is 134 cm³/mol. The van der Waals surface area contributed by atoms with Crippen LogP contribution in [0.4, 0.5) is 14.9 Å². The number of urea groups is 1. The van der Waals surface area contributed by atoms with Gasteiger partial charge in [0.1, 0.15) is 5.82 Å². The lowest BCUT2D eigenvalue weighted by Gasteiger charge is -2.39. The summed E-state index contributed by atoms with van der Waals surface area (Å²) in [5.74, 6) is -0.449. The molecule has 2 amide bonds. The molecule has 2 saturated heterocycles. The number of benzene rings is 1. The summed E-state index contributed by atoms with van der Waals surface area (Å²) in [7, 11) is -2.52. The number of hydrogen-bond donors (Lipinski definition) is 0. The Morgan fingerprint density at radius 2 is 1.73 bits per heavy atom. The lowest BCUT2D eigenvalue weighted by atomic mass is 9.79. The van der Waals surface area contributed by atoms with Gasteiger partial charge in [-0.3, -0.25) is 4.90 Å². The van der Waals surface area contributed by atoms with Gasteiger partial charge in [-0.1, -0.05) is 26.8 Å². The van der Waals surface area contributed by atoms with E-state index >= 15 is 4.39 Å². The third-order valence-corrected chi connectivity index (χ3v) is 12.3. The Kier molecular flexibility index (Phi) is 7.13. The SMILES string of the molecule is CC1(C)OB(c2ccc(N3CCCN(CCO[Si](C)(C)C(C)(C)C)C3=O)c(F)c2)OC1(C)C. The van der Waals surface area contributed by atoms with Crippen molar-refractivity contribution in [2.24, 2.45) is 0 Å². The maximum absolute atomic E-state index is 15.2.